The minimum Gasteiger partial charge on any atom is -0.481 e. The molecule has 0 fully saturated rings. The number of amides is 5. The molecule has 0 aromatic rings. The predicted octanol–water partition coefficient (Wildman–Crippen LogP) is 4.20. The third kappa shape index (κ3) is 20.3. The van der Waals surface area contributed by atoms with Crippen molar-refractivity contribution >= 4 is 36.4 Å². The number of carbonyl (C=O) groups excluding carboxylic acids is 5. The van der Waals surface area contributed by atoms with E-state index in [4.69, 9.17) is 14.2 Å². The minimum atomic E-state index is -1.01. The number of carbonyl (C=O) groups is 6. The summed E-state index contributed by atoms with van der Waals surface area (Å²) in [5.41, 5.74) is 0.215. The molecule has 0 radical (unpaired) electrons. The first-order valence-corrected chi connectivity index (χ1v) is 19.8. The second-order valence-corrected chi connectivity index (χ2v) is 15.3. The lowest BCUT2D eigenvalue weighted by atomic mass is 9.86. The SMILES string of the molecule is CC1=CC1COC(=O)NC(CCCCNC(=O)OCC1CCC#CCCC1C)C(=O)NC(CCCCNC=O)C(=O)NCCC(C)OCCC(C)(C)C(=O)O. The van der Waals surface area contributed by atoms with Crippen LogP contribution in [0.25, 0.3) is 0 Å². The molecule has 0 aromatic carbocycles. The molecule has 6 atom stereocenters. The molecule has 6 N–H and O–H groups in total. The van der Waals surface area contributed by atoms with Crippen LogP contribution >= 0.6 is 0 Å². The summed E-state index contributed by atoms with van der Waals surface area (Å²) in [6.45, 7) is 11.0. The number of nitrogens with one attached hydrogen (secondary N) is 5. The van der Waals surface area contributed by atoms with Gasteiger partial charge in [0.05, 0.1) is 18.1 Å². The molecule has 15 heteroatoms. The van der Waals surface area contributed by atoms with Crippen molar-refractivity contribution in [3.8, 4) is 11.8 Å². The third-order valence-corrected chi connectivity index (χ3v) is 10.2. The summed E-state index contributed by atoms with van der Waals surface area (Å²) in [4.78, 5) is 74.2. The Morgan fingerprint density at radius 1 is 0.873 bits per heavy atom. The Balaban J connectivity index is 1.93. The van der Waals surface area contributed by atoms with E-state index in [0.717, 1.165) is 31.3 Å². The van der Waals surface area contributed by atoms with E-state index in [1.807, 2.05) is 19.9 Å². The fourth-order valence-electron chi connectivity index (χ4n) is 5.87. The topological polar surface area (TPSA) is 210 Å². The number of alkyl carbamates (subject to hydrolysis) is 2. The molecule has 2 rings (SSSR count). The molecule has 0 saturated carbocycles. The quantitative estimate of drug-likeness (QED) is 0.0303. The third-order valence-electron chi connectivity index (χ3n) is 10.2. The maximum atomic E-state index is 13.7. The van der Waals surface area contributed by atoms with E-state index in [1.165, 1.54) is 0 Å². The highest BCUT2D eigenvalue weighted by Crippen LogP contribution is 2.27. The van der Waals surface area contributed by atoms with Crippen molar-refractivity contribution in [3.05, 3.63) is 11.6 Å². The van der Waals surface area contributed by atoms with E-state index >= 15 is 0 Å². The van der Waals surface area contributed by atoms with Crippen LogP contribution in [0.4, 0.5) is 9.59 Å². The number of carboxylic acids is 1. The largest absolute Gasteiger partial charge is 0.481 e. The summed E-state index contributed by atoms with van der Waals surface area (Å²) < 4.78 is 16.6. The Bertz CT molecular complexity index is 1340. The molecule has 6 unspecified atom stereocenters. The number of unbranched alkanes of at least 4 members (excludes halogenated alkanes) is 2. The van der Waals surface area contributed by atoms with E-state index < -0.39 is 47.5 Å². The van der Waals surface area contributed by atoms with Gasteiger partial charge >= 0.3 is 18.2 Å². The van der Waals surface area contributed by atoms with E-state index in [1.54, 1.807) is 13.8 Å². The summed E-state index contributed by atoms with van der Waals surface area (Å²) in [7, 11) is 0. The van der Waals surface area contributed by atoms with Crippen molar-refractivity contribution in [2.45, 2.75) is 130 Å². The van der Waals surface area contributed by atoms with Crippen molar-refractivity contribution in [1.29, 1.82) is 0 Å². The zero-order chi connectivity index (χ0) is 40.6. The molecular weight excluding hydrogens is 710 g/mol. The van der Waals surface area contributed by atoms with Crippen molar-refractivity contribution in [1.82, 2.24) is 26.6 Å². The number of rotatable bonds is 27. The number of hydrogen-bond donors (Lipinski definition) is 6. The Kier molecular flexibility index (Phi) is 21.9. The van der Waals surface area contributed by atoms with Gasteiger partial charge in [-0.15, -0.1) is 11.8 Å². The molecule has 2 aliphatic carbocycles. The van der Waals surface area contributed by atoms with Crippen molar-refractivity contribution in [2.75, 3.05) is 39.5 Å². The van der Waals surface area contributed by atoms with Crippen LogP contribution in [-0.2, 0) is 33.4 Å². The minimum absolute atomic E-state index is 0.0966. The first-order chi connectivity index (χ1) is 26.2. The number of carboxylic acid groups (broad SMARTS) is 1. The Hall–Kier alpha value is -4.32. The van der Waals surface area contributed by atoms with E-state index in [-0.39, 0.29) is 50.5 Å². The van der Waals surface area contributed by atoms with Crippen LogP contribution in [-0.4, -0.2) is 99.1 Å². The Labute approximate surface area is 326 Å². The predicted molar refractivity (Wildman–Crippen MR) is 207 cm³/mol. The van der Waals surface area contributed by atoms with Crippen molar-refractivity contribution in [2.24, 2.45) is 23.2 Å². The first kappa shape index (κ1) is 46.8. The van der Waals surface area contributed by atoms with Gasteiger partial charge in [-0.3, -0.25) is 19.2 Å². The van der Waals surface area contributed by atoms with Crippen molar-refractivity contribution in [3.63, 3.8) is 0 Å². The molecule has 0 bridgehead atoms. The summed E-state index contributed by atoms with van der Waals surface area (Å²) in [6, 6.07) is -1.92. The average molecular weight is 776 g/mol. The molecule has 0 heterocycles. The Morgan fingerprint density at radius 2 is 1.51 bits per heavy atom. The van der Waals surface area contributed by atoms with E-state index in [0.29, 0.717) is 70.5 Å². The lowest BCUT2D eigenvalue weighted by molar-refractivity contribution is -0.148. The highest BCUT2D eigenvalue weighted by molar-refractivity contribution is 5.91. The lowest BCUT2D eigenvalue weighted by Crippen LogP contribution is -2.54. The van der Waals surface area contributed by atoms with Gasteiger partial charge in [0.25, 0.3) is 0 Å². The van der Waals surface area contributed by atoms with Gasteiger partial charge in [-0.25, -0.2) is 9.59 Å². The van der Waals surface area contributed by atoms with E-state index in [2.05, 4.69) is 45.3 Å². The van der Waals surface area contributed by atoms with E-state index in [9.17, 15) is 33.9 Å². The smallest absolute Gasteiger partial charge is 0.407 e. The van der Waals surface area contributed by atoms with Crippen LogP contribution < -0.4 is 26.6 Å². The molecule has 310 valence electrons. The normalized spacial score (nSPS) is 19.3. The van der Waals surface area contributed by atoms with Crippen LogP contribution in [0, 0.1) is 35.0 Å². The Morgan fingerprint density at radius 3 is 2.16 bits per heavy atom. The van der Waals surface area contributed by atoms with Gasteiger partial charge in [0.2, 0.25) is 18.2 Å². The molecule has 0 aliphatic heterocycles. The molecule has 15 nitrogen and oxygen atoms in total. The van der Waals surface area contributed by atoms with Crippen molar-refractivity contribution < 1.29 is 48.1 Å². The molecule has 0 saturated heterocycles. The van der Waals surface area contributed by atoms with Gasteiger partial charge in [0.1, 0.15) is 18.7 Å². The van der Waals surface area contributed by atoms with Gasteiger partial charge < -0.3 is 45.9 Å². The van der Waals surface area contributed by atoms with Gasteiger partial charge in [-0.1, -0.05) is 18.6 Å². The van der Waals surface area contributed by atoms with Crippen LogP contribution in [0.2, 0.25) is 0 Å². The van der Waals surface area contributed by atoms with Gasteiger partial charge in [0, 0.05) is 45.0 Å². The van der Waals surface area contributed by atoms with Gasteiger partial charge in [-0.2, -0.15) is 0 Å². The van der Waals surface area contributed by atoms with Crippen LogP contribution in [0.3, 0.4) is 0 Å². The maximum absolute atomic E-state index is 13.7. The molecule has 2 aliphatic rings. The highest BCUT2D eigenvalue weighted by Gasteiger charge is 2.29. The highest BCUT2D eigenvalue weighted by atomic mass is 16.6. The second kappa shape index (κ2) is 25.7. The second-order valence-electron chi connectivity index (χ2n) is 15.3. The standard InChI is InChI=1S/C40H65N5O10/c1-28-14-8-6-7-9-15-31(28)25-54-38(51)43-21-13-11-17-34(45-39(52)55-26-32-24-29(32)2)36(48)44-33(16-10-12-20-41-27-46)35(47)42-22-18-30(3)53-23-19-40(4,5)37(49)50/h24,27-28,30-34H,8-23,25-26H2,1-5H3,(H,41,46)(H,42,47)(H,43,51)(H,44,48)(H,45,52)(H,49,50). The number of aliphatic carboxylic acids is 1. The summed E-state index contributed by atoms with van der Waals surface area (Å²) in [5, 5.41) is 23.0. The molecule has 5 amide bonds. The zero-order valence-corrected chi connectivity index (χ0v) is 33.5. The fourth-order valence-corrected chi connectivity index (χ4v) is 5.87. The monoisotopic (exact) mass is 775 g/mol. The molecule has 0 spiro atoms. The van der Waals surface area contributed by atoms with Crippen LogP contribution in [0.15, 0.2) is 11.6 Å². The zero-order valence-electron chi connectivity index (χ0n) is 33.5. The summed E-state index contributed by atoms with van der Waals surface area (Å²) in [5.74, 6) is 5.23. The molecule has 55 heavy (non-hydrogen) atoms. The van der Waals surface area contributed by atoms with Gasteiger partial charge in [-0.05, 0) is 104 Å². The summed E-state index contributed by atoms with van der Waals surface area (Å²) >= 11 is 0. The average Bonchev–Trinajstić information content (AvgIpc) is 3.84. The number of ether oxygens (including phenoxy) is 3. The van der Waals surface area contributed by atoms with Crippen LogP contribution in [0.5, 0.6) is 0 Å². The molecule has 0 aromatic heterocycles. The lowest BCUT2D eigenvalue weighted by Gasteiger charge is -2.24. The number of hydrogen-bond acceptors (Lipinski definition) is 9. The summed E-state index contributed by atoms with van der Waals surface area (Å²) in [6.07, 6.45) is 8.02. The maximum Gasteiger partial charge on any atom is 0.407 e. The van der Waals surface area contributed by atoms with Crippen LogP contribution in [0.1, 0.15) is 112 Å². The first-order valence-electron chi connectivity index (χ1n) is 19.8. The fraction of sp³-hybridized carbons (Fsp3) is 0.750. The van der Waals surface area contributed by atoms with Gasteiger partial charge in [0.15, 0.2) is 0 Å². The molecular formula is C40H65N5O10.